The number of carboxylic acid groups (broad SMARTS) is 1. The average molecular weight is 246 g/mol. The second kappa shape index (κ2) is 5.52. The summed E-state index contributed by atoms with van der Waals surface area (Å²) < 4.78 is 5.32. The number of ether oxygens (including phenoxy) is 1. The molecule has 1 aliphatic rings. The van der Waals surface area contributed by atoms with Gasteiger partial charge in [-0.1, -0.05) is 6.07 Å². The number of hydrogen-bond acceptors (Lipinski definition) is 4. The molecule has 0 saturated carbocycles. The normalized spacial score (nSPS) is 19.3. The van der Waals surface area contributed by atoms with Gasteiger partial charge in [-0.2, -0.15) is 5.26 Å². The Labute approximate surface area is 105 Å². The van der Waals surface area contributed by atoms with Gasteiger partial charge in [0.1, 0.15) is 0 Å². The van der Waals surface area contributed by atoms with Crippen molar-refractivity contribution in [2.75, 3.05) is 24.7 Å². The molecule has 1 N–H and O–H groups in total. The number of rotatable bonds is 3. The molecule has 1 atom stereocenters. The molecule has 18 heavy (non-hydrogen) atoms. The number of hydrogen-bond donors (Lipinski definition) is 1. The minimum atomic E-state index is -0.841. The monoisotopic (exact) mass is 246 g/mol. The van der Waals surface area contributed by atoms with Gasteiger partial charge in [-0.25, -0.2) is 0 Å². The molecule has 1 heterocycles. The maximum atomic E-state index is 10.8. The molecule has 1 unspecified atom stereocenters. The van der Waals surface area contributed by atoms with Crippen molar-refractivity contribution in [3.8, 4) is 6.07 Å². The molecule has 0 radical (unpaired) electrons. The van der Waals surface area contributed by atoms with Crippen LogP contribution in [0.4, 0.5) is 5.69 Å². The quantitative estimate of drug-likeness (QED) is 0.868. The van der Waals surface area contributed by atoms with Crippen LogP contribution >= 0.6 is 0 Å². The zero-order valence-electron chi connectivity index (χ0n) is 9.87. The van der Waals surface area contributed by atoms with Gasteiger partial charge in [-0.15, -0.1) is 0 Å². The lowest BCUT2D eigenvalue weighted by molar-refractivity contribution is -0.138. The van der Waals surface area contributed by atoms with Crippen LogP contribution in [0.15, 0.2) is 24.3 Å². The number of nitrogens with zero attached hydrogens (tertiary/aromatic N) is 2. The first-order valence-corrected chi connectivity index (χ1v) is 5.77. The summed E-state index contributed by atoms with van der Waals surface area (Å²) >= 11 is 0. The Morgan fingerprint density at radius 1 is 1.61 bits per heavy atom. The van der Waals surface area contributed by atoms with Gasteiger partial charge in [0, 0.05) is 12.2 Å². The summed E-state index contributed by atoms with van der Waals surface area (Å²) in [5.74, 6) is -0.841. The number of anilines is 1. The van der Waals surface area contributed by atoms with E-state index in [2.05, 4.69) is 6.07 Å². The van der Waals surface area contributed by atoms with Gasteiger partial charge in [-0.05, 0) is 18.2 Å². The lowest BCUT2D eigenvalue weighted by Crippen LogP contribution is -2.46. The first-order valence-electron chi connectivity index (χ1n) is 5.77. The second-order valence-electron chi connectivity index (χ2n) is 4.18. The highest BCUT2D eigenvalue weighted by Gasteiger charge is 2.25. The molecule has 0 spiro atoms. The first kappa shape index (κ1) is 12.4. The van der Waals surface area contributed by atoms with Crippen molar-refractivity contribution in [3.63, 3.8) is 0 Å². The van der Waals surface area contributed by atoms with E-state index in [0.29, 0.717) is 25.3 Å². The zero-order chi connectivity index (χ0) is 13.0. The number of nitriles is 1. The van der Waals surface area contributed by atoms with Crippen LogP contribution in [0, 0.1) is 11.3 Å². The third-order valence-corrected chi connectivity index (χ3v) is 2.94. The predicted octanol–water partition coefficient (Wildman–Crippen LogP) is 1.24. The standard InChI is InChI=1S/C13H14N2O3/c14-8-10-2-1-3-11(6-10)15-4-5-18-9-12(15)7-13(16)17/h1-3,6,12H,4-5,7,9H2,(H,16,17). The summed E-state index contributed by atoms with van der Waals surface area (Å²) in [4.78, 5) is 12.8. The molecule has 94 valence electrons. The fourth-order valence-corrected chi connectivity index (χ4v) is 2.12. The Kier molecular flexibility index (Phi) is 3.80. The van der Waals surface area contributed by atoms with Crippen LogP contribution in [0.25, 0.3) is 0 Å². The Morgan fingerprint density at radius 3 is 3.17 bits per heavy atom. The zero-order valence-corrected chi connectivity index (χ0v) is 9.87. The van der Waals surface area contributed by atoms with E-state index in [9.17, 15) is 4.79 Å². The molecule has 1 aromatic carbocycles. The van der Waals surface area contributed by atoms with Crippen molar-refractivity contribution in [2.45, 2.75) is 12.5 Å². The SMILES string of the molecule is N#Cc1cccc(N2CCOCC2CC(=O)O)c1. The van der Waals surface area contributed by atoms with E-state index >= 15 is 0 Å². The van der Waals surface area contributed by atoms with Gasteiger partial charge in [0.25, 0.3) is 0 Å². The number of benzene rings is 1. The van der Waals surface area contributed by atoms with Crippen molar-refractivity contribution in [1.82, 2.24) is 0 Å². The Balaban J connectivity index is 2.22. The van der Waals surface area contributed by atoms with Gasteiger partial charge >= 0.3 is 5.97 Å². The fourth-order valence-electron chi connectivity index (χ4n) is 2.12. The summed E-state index contributed by atoms with van der Waals surface area (Å²) in [7, 11) is 0. The lowest BCUT2D eigenvalue weighted by atomic mass is 10.1. The van der Waals surface area contributed by atoms with Crippen molar-refractivity contribution in [3.05, 3.63) is 29.8 Å². The van der Waals surface area contributed by atoms with Crippen LogP contribution < -0.4 is 4.90 Å². The molecule has 1 saturated heterocycles. The van der Waals surface area contributed by atoms with Crippen LogP contribution in [0.5, 0.6) is 0 Å². The largest absolute Gasteiger partial charge is 0.481 e. The maximum absolute atomic E-state index is 10.8. The van der Waals surface area contributed by atoms with E-state index in [0.717, 1.165) is 5.69 Å². The van der Waals surface area contributed by atoms with Crippen molar-refractivity contribution < 1.29 is 14.6 Å². The molecule has 0 bridgehead atoms. The van der Waals surface area contributed by atoms with Gasteiger partial charge in [0.2, 0.25) is 0 Å². The highest BCUT2D eigenvalue weighted by Crippen LogP contribution is 2.22. The van der Waals surface area contributed by atoms with Crippen LogP contribution in [0.1, 0.15) is 12.0 Å². The van der Waals surface area contributed by atoms with Crippen LogP contribution in [-0.4, -0.2) is 36.9 Å². The van der Waals surface area contributed by atoms with Crippen LogP contribution in [-0.2, 0) is 9.53 Å². The van der Waals surface area contributed by atoms with Crippen molar-refractivity contribution in [1.29, 1.82) is 5.26 Å². The summed E-state index contributed by atoms with van der Waals surface area (Å²) in [5.41, 5.74) is 1.46. The van der Waals surface area contributed by atoms with E-state index in [1.807, 2.05) is 11.0 Å². The minimum Gasteiger partial charge on any atom is -0.481 e. The molecule has 1 aromatic rings. The minimum absolute atomic E-state index is 0.0385. The molecule has 5 heteroatoms. The molecule has 5 nitrogen and oxygen atoms in total. The number of carboxylic acids is 1. The first-order chi connectivity index (χ1) is 8.70. The predicted molar refractivity (Wildman–Crippen MR) is 65.4 cm³/mol. The summed E-state index contributed by atoms with van der Waals surface area (Å²) in [6.07, 6.45) is 0.0385. The molecular formula is C13H14N2O3. The third kappa shape index (κ3) is 2.79. The number of carbonyl (C=O) groups is 1. The van der Waals surface area contributed by atoms with Crippen molar-refractivity contribution >= 4 is 11.7 Å². The van der Waals surface area contributed by atoms with Crippen LogP contribution in [0.2, 0.25) is 0 Å². The molecule has 1 aliphatic heterocycles. The topological polar surface area (TPSA) is 73.6 Å². The summed E-state index contributed by atoms with van der Waals surface area (Å²) in [6, 6.07) is 9.12. The summed E-state index contributed by atoms with van der Waals surface area (Å²) in [5, 5.41) is 17.8. The smallest absolute Gasteiger partial charge is 0.305 e. The molecule has 0 amide bonds. The summed E-state index contributed by atoms with van der Waals surface area (Å²) in [6.45, 7) is 1.63. The molecule has 0 aromatic heterocycles. The Bertz CT molecular complexity index is 481. The molecular weight excluding hydrogens is 232 g/mol. The van der Waals surface area contributed by atoms with E-state index < -0.39 is 5.97 Å². The Hall–Kier alpha value is -2.06. The second-order valence-corrected chi connectivity index (χ2v) is 4.18. The highest BCUT2D eigenvalue weighted by molar-refractivity contribution is 5.69. The molecule has 0 aliphatic carbocycles. The average Bonchev–Trinajstić information content (AvgIpc) is 2.39. The maximum Gasteiger partial charge on any atom is 0.305 e. The van der Waals surface area contributed by atoms with Gasteiger partial charge < -0.3 is 14.7 Å². The number of morpholine rings is 1. The lowest BCUT2D eigenvalue weighted by Gasteiger charge is -2.36. The Morgan fingerprint density at radius 2 is 2.44 bits per heavy atom. The fraction of sp³-hybridized carbons (Fsp3) is 0.385. The van der Waals surface area contributed by atoms with Crippen molar-refractivity contribution in [2.24, 2.45) is 0 Å². The van der Waals surface area contributed by atoms with E-state index in [1.165, 1.54) is 0 Å². The van der Waals surface area contributed by atoms with Gasteiger partial charge in [-0.3, -0.25) is 4.79 Å². The third-order valence-electron chi connectivity index (χ3n) is 2.94. The number of aliphatic carboxylic acids is 1. The van der Waals surface area contributed by atoms with Gasteiger partial charge in [0.15, 0.2) is 0 Å². The van der Waals surface area contributed by atoms with E-state index in [-0.39, 0.29) is 12.5 Å². The highest BCUT2D eigenvalue weighted by atomic mass is 16.5. The van der Waals surface area contributed by atoms with E-state index in [4.69, 9.17) is 15.1 Å². The molecule has 2 rings (SSSR count). The van der Waals surface area contributed by atoms with Gasteiger partial charge in [0.05, 0.1) is 37.3 Å². The van der Waals surface area contributed by atoms with E-state index in [1.54, 1.807) is 18.2 Å². The molecule has 1 fully saturated rings. The van der Waals surface area contributed by atoms with Crippen LogP contribution in [0.3, 0.4) is 0 Å².